The number of nitrogens with zero attached hydrogens (tertiary/aromatic N) is 3. The number of pyridine rings is 1. The Labute approximate surface area is 122 Å². The van der Waals surface area contributed by atoms with Gasteiger partial charge in [0.1, 0.15) is 11.3 Å². The number of hydrogen-bond acceptors (Lipinski definition) is 4. The first kappa shape index (κ1) is 15.6. The number of fused-ring (bicyclic) bond motifs is 1. The van der Waals surface area contributed by atoms with E-state index < -0.39 is 17.8 Å². The third-order valence-corrected chi connectivity index (χ3v) is 3.79. The van der Waals surface area contributed by atoms with Crippen molar-refractivity contribution < 1.29 is 23.1 Å². The van der Waals surface area contributed by atoms with Crippen LogP contribution in [0.1, 0.15) is 35.8 Å². The van der Waals surface area contributed by atoms with Gasteiger partial charge in [0, 0.05) is 5.75 Å². The second-order valence-corrected chi connectivity index (χ2v) is 5.34. The van der Waals surface area contributed by atoms with E-state index >= 15 is 0 Å². The summed E-state index contributed by atoms with van der Waals surface area (Å²) in [5.41, 5.74) is -1.58. The lowest BCUT2D eigenvalue weighted by Gasteiger charge is -2.11. The van der Waals surface area contributed by atoms with Crippen molar-refractivity contribution in [2.24, 2.45) is 0 Å². The first-order valence-corrected chi connectivity index (χ1v) is 7.16. The molecule has 0 fully saturated rings. The summed E-state index contributed by atoms with van der Waals surface area (Å²) in [7, 11) is 0. The number of carbonyl (C=O) groups is 1. The van der Waals surface area contributed by atoms with Crippen molar-refractivity contribution in [2.45, 2.75) is 31.1 Å². The van der Waals surface area contributed by atoms with E-state index in [1.54, 1.807) is 0 Å². The highest BCUT2D eigenvalue weighted by Crippen LogP contribution is 2.33. The molecule has 0 bridgehead atoms. The standard InChI is InChI=1S/C12H12F3N3O2S/c1-2-3-6-21-11-17-16-9-7(10(19)20)4-5-8(18(9)11)12(13,14)15/h4-5H,2-3,6H2,1H3,(H,19,20). The Hall–Kier alpha value is -1.77. The Bertz CT molecular complexity index is 670. The maximum atomic E-state index is 13.1. The van der Waals surface area contributed by atoms with Crippen LogP contribution in [0.4, 0.5) is 13.2 Å². The summed E-state index contributed by atoms with van der Waals surface area (Å²) in [6.45, 7) is 1.96. The number of aromatic carboxylic acids is 1. The van der Waals surface area contributed by atoms with Gasteiger partial charge in [-0.3, -0.25) is 4.40 Å². The van der Waals surface area contributed by atoms with Gasteiger partial charge in [-0.05, 0) is 18.6 Å². The minimum absolute atomic E-state index is 0.0499. The molecule has 0 saturated carbocycles. The van der Waals surface area contributed by atoms with Gasteiger partial charge in [0.25, 0.3) is 0 Å². The minimum Gasteiger partial charge on any atom is -0.478 e. The van der Waals surface area contributed by atoms with Crippen LogP contribution in [-0.4, -0.2) is 31.4 Å². The molecule has 0 spiro atoms. The number of carboxylic acid groups (broad SMARTS) is 1. The maximum absolute atomic E-state index is 13.1. The number of alkyl halides is 3. The molecule has 9 heteroatoms. The predicted molar refractivity (Wildman–Crippen MR) is 70.6 cm³/mol. The molecule has 21 heavy (non-hydrogen) atoms. The molecule has 0 amide bonds. The summed E-state index contributed by atoms with van der Waals surface area (Å²) in [6.07, 6.45) is -2.90. The van der Waals surface area contributed by atoms with Crippen molar-refractivity contribution in [3.8, 4) is 0 Å². The first-order valence-electron chi connectivity index (χ1n) is 6.17. The topological polar surface area (TPSA) is 67.5 Å². The average Bonchev–Trinajstić information content (AvgIpc) is 2.80. The molecule has 5 nitrogen and oxygen atoms in total. The summed E-state index contributed by atoms with van der Waals surface area (Å²) >= 11 is 1.13. The van der Waals surface area contributed by atoms with Crippen LogP contribution < -0.4 is 0 Å². The molecule has 2 aromatic heterocycles. The highest BCUT2D eigenvalue weighted by Gasteiger charge is 2.35. The van der Waals surface area contributed by atoms with E-state index in [0.29, 0.717) is 5.75 Å². The fourth-order valence-electron chi connectivity index (χ4n) is 1.76. The molecule has 0 aliphatic rings. The van der Waals surface area contributed by atoms with Crippen LogP contribution in [0.2, 0.25) is 0 Å². The summed E-state index contributed by atoms with van der Waals surface area (Å²) in [4.78, 5) is 11.1. The van der Waals surface area contributed by atoms with Gasteiger partial charge in [0.15, 0.2) is 10.8 Å². The fraction of sp³-hybridized carbons (Fsp3) is 0.417. The highest BCUT2D eigenvalue weighted by atomic mass is 32.2. The molecule has 0 aliphatic carbocycles. The second kappa shape index (κ2) is 5.92. The average molecular weight is 319 g/mol. The van der Waals surface area contributed by atoms with Gasteiger partial charge in [-0.1, -0.05) is 25.1 Å². The molecule has 0 aliphatic heterocycles. The van der Waals surface area contributed by atoms with Crippen LogP contribution in [0.15, 0.2) is 17.3 Å². The van der Waals surface area contributed by atoms with E-state index in [1.165, 1.54) is 0 Å². The third-order valence-electron chi connectivity index (χ3n) is 2.77. The molecule has 0 aromatic carbocycles. The minimum atomic E-state index is -4.61. The second-order valence-electron chi connectivity index (χ2n) is 4.28. The number of aromatic nitrogens is 3. The van der Waals surface area contributed by atoms with Crippen LogP contribution in [-0.2, 0) is 6.18 Å². The summed E-state index contributed by atoms with van der Waals surface area (Å²) < 4.78 is 40.0. The molecule has 0 unspecified atom stereocenters. The lowest BCUT2D eigenvalue weighted by atomic mass is 10.2. The Morgan fingerprint density at radius 2 is 2.10 bits per heavy atom. The van der Waals surface area contributed by atoms with Gasteiger partial charge in [0.05, 0.1) is 0 Å². The van der Waals surface area contributed by atoms with Crippen LogP contribution >= 0.6 is 11.8 Å². The number of unbranched alkanes of at least 4 members (excludes halogenated alkanes) is 1. The molecule has 2 rings (SSSR count). The molecule has 2 aromatic rings. The number of carboxylic acids is 1. The van der Waals surface area contributed by atoms with Crippen molar-refractivity contribution in [2.75, 3.05) is 5.75 Å². The van der Waals surface area contributed by atoms with E-state index in [0.717, 1.165) is 41.1 Å². The van der Waals surface area contributed by atoms with Gasteiger partial charge in [-0.2, -0.15) is 13.2 Å². The molecule has 0 saturated heterocycles. The van der Waals surface area contributed by atoms with Crippen molar-refractivity contribution in [1.82, 2.24) is 14.6 Å². The molecule has 1 N–H and O–H groups in total. The Kier molecular flexibility index (Phi) is 4.40. The SMILES string of the molecule is CCCCSc1nnc2c(C(=O)O)ccc(C(F)(F)F)n12. The van der Waals surface area contributed by atoms with Crippen LogP contribution in [0.25, 0.3) is 5.65 Å². The van der Waals surface area contributed by atoms with Gasteiger partial charge in [0.2, 0.25) is 0 Å². The van der Waals surface area contributed by atoms with Gasteiger partial charge in [-0.15, -0.1) is 10.2 Å². The van der Waals surface area contributed by atoms with Gasteiger partial charge < -0.3 is 5.11 Å². The van der Waals surface area contributed by atoms with Crippen LogP contribution in [0.5, 0.6) is 0 Å². The zero-order valence-electron chi connectivity index (χ0n) is 11.0. The zero-order chi connectivity index (χ0) is 15.6. The Morgan fingerprint density at radius 3 is 2.67 bits per heavy atom. The Balaban J connectivity index is 2.60. The monoisotopic (exact) mass is 319 g/mol. The smallest absolute Gasteiger partial charge is 0.431 e. The molecule has 114 valence electrons. The Morgan fingerprint density at radius 1 is 1.38 bits per heavy atom. The van der Waals surface area contributed by atoms with Crippen molar-refractivity contribution in [3.05, 3.63) is 23.4 Å². The summed E-state index contributed by atoms with van der Waals surface area (Å²) in [5.74, 6) is -0.752. The molecule has 0 atom stereocenters. The highest BCUT2D eigenvalue weighted by molar-refractivity contribution is 7.99. The number of halogens is 3. The predicted octanol–water partition coefficient (Wildman–Crippen LogP) is 3.34. The largest absolute Gasteiger partial charge is 0.478 e. The van der Waals surface area contributed by atoms with Crippen molar-refractivity contribution in [3.63, 3.8) is 0 Å². The summed E-state index contributed by atoms with van der Waals surface area (Å²) in [5, 5.41) is 16.4. The van der Waals surface area contributed by atoms with E-state index in [4.69, 9.17) is 5.11 Å². The fourth-order valence-corrected chi connectivity index (χ4v) is 2.79. The first-order chi connectivity index (χ1) is 9.86. The normalized spacial score (nSPS) is 12.0. The molecular weight excluding hydrogens is 307 g/mol. The molecule has 2 heterocycles. The summed E-state index contributed by atoms with van der Waals surface area (Å²) in [6, 6.07) is 1.64. The quantitative estimate of drug-likeness (QED) is 0.676. The van der Waals surface area contributed by atoms with Crippen molar-refractivity contribution >= 4 is 23.4 Å². The van der Waals surface area contributed by atoms with E-state index in [1.807, 2.05) is 6.92 Å². The lowest BCUT2D eigenvalue weighted by molar-refractivity contribution is -0.142. The number of thioether (sulfide) groups is 1. The van der Waals surface area contributed by atoms with Crippen LogP contribution in [0, 0.1) is 0 Å². The number of hydrogen-bond donors (Lipinski definition) is 1. The molecular formula is C12H12F3N3O2S. The van der Waals surface area contributed by atoms with Gasteiger partial charge >= 0.3 is 12.1 Å². The lowest BCUT2D eigenvalue weighted by Crippen LogP contribution is -2.14. The van der Waals surface area contributed by atoms with E-state index in [9.17, 15) is 18.0 Å². The third kappa shape index (κ3) is 3.12. The van der Waals surface area contributed by atoms with Crippen molar-refractivity contribution in [1.29, 1.82) is 0 Å². The van der Waals surface area contributed by atoms with E-state index in [2.05, 4.69) is 10.2 Å². The van der Waals surface area contributed by atoms with Crippen LogP contribution in [0.3, 0.4) is 0 Å². The number of rotatable bonds is 5. The maximum Gasteiger partial charge on any atom is 0.431 e. The zero-order valence-corrected chi connectivity index (χ0v) is 11.8. The molecule has 0 radical (unpaired) electrons. The van der Waals surface area contributed by atoms with Gasteiger partial charge in [-0.25, -0.2) is 4.79 Å². The van der Waals surface area contributed by atoms with E-state index in [-0.39, 0.29) is 16.4 Å².